The second-order valence-corrected chi connectivity index (χ2v) is 3.47. The summed E-state index contributed by atoms with van der Waals surface area (Å²) in [7, 11) is 0. The van der Waals surface area contributed by atoms with Crippen molar-refractivity contribution in [1.82, 2.24) is 0 Å². The van der Waals surface area contributed by atoms with Crippen LogP contribution in [0.25, 0.3) is 0 Å². The first-order chi connectivity index (χ1) is 6.49. The zero-order chi connectivity index (χ0) is 11.1. The molecule has 3 heteroatoms. The molecule has 0 aliphatic heterocycles. The highest BCUT2D eigenvalue weighted by molar-refractivity contribution is 5.88. The normalized spacial score (nSPS) is 12.1. The number of hydrogen-bond donors (Lipinski definition) is 0. The Morgan fingerprint density at radius 3 is 2.29 bits per heavy atom. The smallest absolute Gasteiger partial charge is 0.335 e. The van der Waals surface area contributed by atoms with Gasteiger partial charge in [0.2, 0.25) is 0 Å². The van der Waals surface area contributed by atoms with E-state index in [9.17, 15) is 4.79 Å². The minimum Gasteiger partial charge on any atom is -0.433 e. The van der Waals surface area contributed by atoms with Crippen molar-refractivity contribution in [1.29, 1.82) is 0 Å². The largest absolute Gasteiger partial charge is 0.433 e. The quantitative estimate of drug-likeness (QED) is 0.389. The van der Waals surface area contributed by atoms with Gasteiger partial charge in [0.05, 0.1) is 6.61 Å². The molecule has 14 heavy (non-hydrogen) atoms. The van der Waals surface area contributed by atoms with Gasteiger partial charge >= 0.3 is 5.97 Å². The lowest BCUT2D eigenvalue weighted by Gasteiger charge is -2.14. The average molecular weight is 200 g/mol. The van der Waals surface area contributed by atoms with Crippen molar-refractivity contribution in [3.63, 3.8) is 0 Å². The van der Waals surface area contributed by atoms with Crippen LogP contribution in [0.2, 0.25) is 0 Å². The van der Waals surface area contributed by atoms with Crippen LogP contribution in [-0.2, 0) is 14.3 Å². The van der Waals surface area contributed by atoms with E-state index < -0.39 is 6.29 Å². The SMILES string of the molecule is CCCOC(C)OC(=O)C(C)=C(C)C. The number of carbonyl (C=O) groups is 1. The number of hydrogen-bond acceptors (Lipinski definition) is 3. The molecule has 0 spiro atoms. The molecular weight excluding hydrogens is 180 g/mol. The zero-order valence-electron chi connectivity index (χ0n) is 9.72. The molecule has 0 rings (SSSR count). The van der Waals surface area contributed by atoms with Crippen LogP contribution in [0.3, 0.4) is 0 Å². The number of rotatable bonds is 5. The van der Waals surface area contributed by atoms with Crippen molar-refractivity contribution in [2.24, 2.45) is 0 Å². The first-order valence-corrected chi connectivity index (χ1v) is 4.95. The number of esters is 1. The topological polar surface area (TPSA) is 35.5 Å². The lowest BCUT2D eigenvalue weighted by molar-refractivity contribution is -0.170. The highest BCUT2D eigenvalue weighted by atomic mass is 16.7. The van der Waals surface area contributed by atoms with Crippen molar-refractivity contribution in [3.8, 4) is 0 Å². The minimum absolute atomic E-state index is 0.298. The third-order valence-electron chi connectivity index (χ3n) is 1.89. The number of carbonyl (C=O) groups excluding carboxylic acids is 1. The van der Waals surface area contributed by atoms with Crippen LogP contribution in [0.1, 0.15) is 41.0 Å². The summed E-state index contributed by atoms with van der Waals surface area (Å²) in [5.74, 6) is -0.298. The van der Waals surface area contributed by atoms with E-state index in [-0.39, 0.29) is 5.97 Å². The van der Waals surface area contributed by atoms with Crippen LogP contribution in [0.5, 0.6) is 0 Å². The van der Waals surface area contributed by atoms with E-state index in [1.54, 1.807) is 13.8 Å². The lowest BCUT2D eigenvalue weighted by atomic mass is 10.2. The van der Waals surface area contributed by atoms with Crippen molar-refractivity contribution in [2.45, 2.75) is 47.3 Å². The van der Waals surface area contributed by atoms with Gasteiger partial charge in [-0.2, -0.15) is 0 Å². The van der Waals surface area contributed by atoms with Gasteiger partial charge in [-0.15, -0.1) is 0 Å². The van der Waals surface area contributed by atoms with Crippen LogP contribution in [0.4, 0.5) is 0 Å². The van der Waals surface area contributed by atoms with Gasteiger partial charge in [0.1, 0.15) is 0 Å². The Labute approximate surface area is 86.1 Å². The molecule has 0 radical (unpaired) electrons. The molecule has 1 unspecified atom stereocenters. The Morgan fingerprint density at radius 1 is 1.29 bits per heavy atom. The van der Waals surface area contributed by atoms with Crippen LogP contribution in [0.15, 0.2) is 11.1 Å². The zero-order valence-corrected chi connectivity index (χ0v) is 9.72. The van der Waals surface area contributed by atoms with Gasteiger partial charge in [-0.05, 0) is 34.1 Å². The van der Waals surface area contributed by atoms with Gasteiger partial charge in [0.25, 0.3) is 0 Å². The predicted molar refractivity (Wildman–Crippen MR) is 55.8 cm³/mol. The first-order valence-electron chi connectivity index (χ1n) is 4.95. The molecule has 3 nitrogen and oxygen atoms in total. The lowest BCUT2D eigenvalue weighted by Crippen LogP contribution is -2.19. The Kier molecular flexibility index (Phi) is 6.21. The fourth-order valence-corrected chi connectivity index (χ4v) is 0.761. The molecule has 0 amide bonds. The standard InChI is InChI=1S/C11H20O3/c1-6-7-13-10(5)14-11(12)9(4)8(2)3/h10H,6-7H2,1-5H3. The summed E-state index contributed by atoms with van der Waals surface area (Å²) >= 11 is 0. The first kappa shape index (κ1) is 13.2. The number of ether oxygens (including phenoxy) is 2. The molecular formula is C11H20O3. The average Bonchev–Trinajstić information content (AvgIpc) is 2.13. The van der Waals surface area contributed by atoms with E-state index in [1.165, 1.54) is 0 Å². The summed E-state index contributed by atoms with van der Waals surface area (Å²) in [5.41, 5.74) is 1.62. The van der Waals surface area contributed by atoms with Gasteiger partial charge in [-0.3, -0.25) is 0 Å². The van der Waals surface area contributed by atoms with Gasteiger partial charge in [0.15, 0.2) is 6.29 Å². The van der Waals surface area contributed by atoms with Crippen molar-refractivity contribution >= 4 is 5.97 Å². The van der Waals surface area contributed by atoms with Crippen molar-refractivity contribution in [2.75, 3.05) is 6.61 Å². The van der Waals surface area contributed by atoms with Gasteiger partial charge in [0, 0.05) is 5.57 Å². The molecule has 0 aromatic carbocycles. The van der Waals surface area contributed by atoms with Crippen LogP contribution in [-0.4, -0.2) is 18.9 Å². The maximum absolute atomic E-state index is 11.4. The maximum atomic E-state index is 11.4. The molecule has 0 aliphatic carbocycles. The molecule has 0 aliphatic rings. The van der Waals surface area contributed by atoms with Crippen LogP contribution in [0, 0.1) is 0 Å². The van der Waals surface area contributed by atoms with Crippen LogP contribution < -0.4 is 0 Å². The maximum Gasteiger partial charge on any atom is 0.335 e. The molecule has 82 valence electrons. The molecule has 0 aromatic rings. The van der Waals surface area contributed by atoms with Gasteiger partial charge in [-0.1, -0.05) is 12.5 Å². The monoisotopic (exact) mass is 200 g/mol. The third-order valence-corrected chi connectivity index (χ3v) is 1.89. The Bertz CT molecular complexity index is 215. The Hall–Kier alpha value is -0.830. The summed E-state index contributed by atoms with van der Waals surface area (Å²) in [6.07, 6.45) is 0.459. The molecule has 0 N–H and O–H groups in total. The Balaban J connectivity index is 4.00. The van der Waals surface area contributed by atoms with Crippen LogP contribution >= 0.6 is 0 Å². The summed E-state index contributed by atoms with van der Waals surface area (Å²) in [4.78, 5) is 11.4. The molecule has 0 saturated heterocycles. The minimum atomic E-state index is -0.461. The van der Waals surface area contributed by atoms with E-state index in [4.69, 9.17) is 9.47 Å². The third kappa shape index (κ3) is 5.02. The highest BCUT2D eigenvalue weighted by Crippen LogP contribution is 2.06. The summed E-state index contributed by atoms with van der Waals surface area (Å²) in [6, 6.07) is 0. The summed E-state index contributed by atoms with van der Waals surface area (Å²) in [6.45, 7) is 9.87. The molecule has 0 heterocycles. The molecule has 0 aromatic heterocycles. The highest BCUT2D eigenvalue weighted by Gasteiger charge is 2.11. The fraction of sp³-hybridized carbons (Fsp3) is 0.727. The summed E-state index contributed by atoms with van der Waals surface area (Å²) < 4.78 is 10.3. The predicted octanol–water partition coefficient (Wildman–Crippen LogP) is 2.66. The fourth-order valence-electron chi connectivity index (χ4n) is 0.761. The van der Waals surface area contributed by atoms with Crippen molar-refractivity contribution < 1.29 is 14.3 Å². The van der Waals surface area contributed by atoms with Crippen molar-refractivity contribution in [3.05, 3.63) is 11.1 Å². The number of allylic oxidation sites excluding steroid dienone is 1. The molecule has 0 saturated carbocycles. The van der Waals surface area contributed by atoms with Gasteiger partial charge in [-0.25, -0.2) is 4.79 Å². The van der Waals surface area contributed by atoms with E-state index >= 15 is 0 Å². The van der Waals surface area contributed by atoms with E-state index in [0.29, 0.717) is 12.2 Å². The molecule has 0 bridgehead atoms. The second-order valence-electron chi connectivity index (χ2n) is 3.47. The van der Waals surface area contributed by atoms with E-state index in [1.807, 2.05) is 20.8 Å². The molecule has 1 atom stereocenters. The van der Waals surface area contributed by atoms with E-state index in [2.05, 4.69) is 0 Å². The Morgan fingerprint density at radius 2 is 1.86 bits per heavy atom. The van der Waals surface area contributed by atoms with Gasteiger partial charge < -0.3 is 9.47 Å². The summed E-state index contributed by atoms with van der Waals surface area (Å²) in [5, 5.41) is 0. The molecule has 0 fully saturated rings. The van der Waals surface area contributed by atoms with E-state index in [0.717, 1.165) is 12.0 Å². The second kappa shape index (κ2) is 6.60.